The molecule has 0 aliphatic carbocycles. The van der Waals surface area contributed by atoms with Crippen molar-refractivity contribution < 1.29 is 33.0 Å². The van der Waals surface area contributed by atoms with E-state index >= 15 is 0 Å². The van der Waals surface area contributed by atoms with E-state index in [1.807, 2.05) is 0 Å². The number of fused-ring (bicyclic) bond motifs is 1. The molecule has 0 fully saturated rings. The number of benzene rings is 2. The molecule has 15 heteroatoms. The first-order valence-electron chi connectivity index (χ1n) is 12.5. The van der Waals surface area contributed by atoms with Crippen molar-refractivity contribution in [2.75, 3.05) is 5.75 Å². The fourth-order valence-corrected chi connectivity index (χ4v) is 5.20. The lowest BCUT2D eigenvalue weighted by atomic mass is 10.0. The SMILES string of the molecule is N=C(N)c1ccc(CNC(=O)[C@H](CCC(N)=O)NC(=O)[C@@H](Cc2c[nH]c3ccccc23)NS(=O)(=O)CC([O-])O)cc1. The molecule has 14 nitrogen and oxygen atoms in total. The average Bonchev–Trinajstić information content (AvgIpc) is 3.31. The number of hydrogen-bond donors (Lipinski definition) is 8. The van der Waals surface area contributed by atoms with Crippen LogP contribution in [-0.2, 0) is 37.4 Å². The van der Waals surface area contributed by atoms with E-state index in [0.29, 0.717) is 16.7 Å². The van der Waals surface area contributed by atoms with E-state index in [-0.39, 0.29) is 31.6 Å². The highest BCUT2D eigenvalue weighted by molar-refractivity contribution is 7.89. The molecule has 0 saturated carbocycles. The molecule has 0 radical (unpaired) electrons. The standard InChI is InChI=1S/C26H32N7O7S/c27-22(34)10-9-20(25(37)31-12-15-5-7-16(8-6-15)24(28)29)32-26(38)21(33-41(39,40)14-23(35)36)11-17-13-30-19-4-2-1-3-18(17)19/h1-8,13,20-21,23,30,33,35H,9-12,14H2,(H2,27,34)(H3,28,29)(H,31,37)(H,32,38)/q-1/t20-,21+,23?/m0/s1. The highest BCUT2D eigenvalue weighted by Gasteiger charge is 2.30. The molecule has 3 aromatic rings. The van der Waals surface area contributed by atoms with E-state index in [0.717, 1.165) is 10.9 Å². The normalized spacial score (nSPS) is 13.7. The second-order valence-corrected chi connectivity index (χ2v) is 11.2. The number of sulfonamides is 1. The number of carbonyl (C=O) groups excluding carboxylic acids is 3. The number of H-pyrrole nitrogens is 1. The van der Waals surface area contributed by atoms with Crippen molar-refractivity contribution in [3.05, 3.63) is 71.4 Å². The van der Waals surface area contributed by atoms with Gasteiger partial charge < -0.3 is 37.3 Å². The molecule has 0 spiro atoms. The van der Waals surface area contributed by atoms with E-state index in [1.165, 1.54) is 0 Å². The lowest BCUT2D eigenvalue weighted by Crippen LogP contribution is -2.55. The number of hydrogen-bond acceptors (Lipinski definition) is 8. The van der Waals surface area contributed by atoms with Crippen molar-refractivity contribution in [3.8, 4) is 0 Å². The van der Waals surface area contributed by atoms with Gasteiger partial charge in [-0.25, -0.2) is 13.1 Å². The highest BCUT2D eigenvalue weighted by atomic mass is 32.2. The van der Waals surface area contributed by atoms with Gasteiger partial charge in [-0.15, -0.1) is 0 Å². The third-order valence-electron chi connectivity index (χ3n) is 6.14. The predicted octanol–water partition coefficient (Wildman–Crippen LogP) is -1.97. The number of aliphatic hydroxyl groups excluding tert-OH is 1. The second kappa shape index (κ2) is 13.8. The molecule has 220 valence electrons. The molecule has 10 N–H and O–H groups in total. The summed E-state index contributed by atoms with van der Waals surface area (Å²) in [5, 5.41) is 33.6. The van der Waals surface area contributed by atoms with Crippen LogP contribution in [0.1, 0.15) is 29.5 Å². The fraction of sp³-hybridized carbons (Fsp3) is 0.308. The topological polar surface area (TPSA) is 256 Å². The molecule has 41 heavy (non-hydrogen) atoms. The number of para-hydroxylation sites is 1. The van der Waals surface area contributed by atoms with Gasteiger partial charge in [0.2, 0.25) is 27.7 Å². The Hall–Kier alpha value is -4.31. The summed E-state index contributed by atoms with van der Waals surface area (Å²) < 4.78 is 27.1. The zero-order valence-electron chi connectivity index (χ0n) is 21.9. The number of primary amides is 1. The molecular formula is C26H32N7O7S-. The summed E-state index contributed by atoms with van der Waals surface area (Å²) in [4.78, 5) is 40.9. The fourth-order valence-electron chi connectivity index (χ4n) is 4.10. The third kappa shape index (κ3) is 9.39. The van der Waals surface area contributed by atoms with Crippen LogP contribution in [0, 0.1) is 5.41 Å². The minimum atomic E-state index is -4.40. The van der Waals surface area contributed by atoms with Crippen LogP contribution in [-0.4, -0.2) is 66.2 Å². The van der Waals surface area contributed by atoms with Crippen LogP contribution in [0.25, 0.3) is 10.9 Å². The molecule has 3 amide bonds. The average molecular weight is 587 g/mol. The van der Waals surface area contributed by atoms with Crippen molar-refractivity contribution >= 4 is 44.5 Å². The van der Waals surface area contributed by atoms with Gasteiger partial charge in [0.25, 0.3) is 0 Å². The predicted molar refractivity (Wildman–Crippen MR) is 148 cm³/mol. The summed E-state index contributed by atoms with van der Waals surface area (Å²) in [6.07, 6.45) is -1.38. The number of amides is 3. The number of aromatic nitrogens is 1. The van der Waals surface area contributed by atoms with Gasteiger partial charge in [-0.05, 0) is 36.3 Å². The number of amidine groups is 1. The Kier molecular flexibility index (Phi) is 10.5. The maximum absolute atomic E-state index is 13.4. The van der Waals surface area contributed by atoms with Gasteiger partial charge in [-0.2, -0.15) is 0 Å². The van der Waals surface area contributed by atoms with Crippen molar-refractivity contribution in [1.82, 2.24) is 20.3 Å². The molecule has 3 rings (SSSR count). The van der Waals surface area contributed by atoms with Crippen molar-refractivity contribution in [2.24, 2.45) is 11.5 Å². The first kappa shape index (κ1) is 31.2. The van der Waals surface area contributed by atoms with Crippen LogP contribution in [0.3, 0.4) is 0 Å². The molecule has 2 aromatic carbocycles. The van der Waals surface area contributed by atoms with E-state index in [9.17, 15) is 27.9 Å². The van der Waals surface area contributed by atoms with Gasteiger partial charge in [-0.1, -0.05) is 42.5 Å². The zero-order valence-corrected chi connectivity index (χ0v) is 22.7. The zero-order chi connectivity index (χ0) is 30.2. The third-order valence-corrected chi connectivity index (χ3v) is 7.51. The first-order chi connectivity index (χ1) is 19.3. The Balaban J connectivity index is 1.80. The monoisotopic (exact) mass is 586 g/mol. The molecule has 0 bridgehead atoms. The number of carbonyl (C=O) groups is 3. The molecule has 1 unspecified atom stereocenters. The van der Waals surface area contributed by atoms with Crippen LogP contribution in [0.4, 0.5) is 0 Å². The summed E-state index contributed by atoms with van der Waals surface area (Å²) in [6, 6.07) is 10.9. The maximum Gasteiger partial charge on any atom is 0.242 e. The second-order valence-electron chi connectivity index (χ2n) is 9.36. The maximum atomic E-state index is 13.4. The van der Waals surface area contributed by atoms with Gasteiger partial charge >= 0.3 is 0 Å². The van der Waals surface area contributed by atoms with E-state index < -0.39 is 51.9 Å². The van der Waals surface area contributed by atoms with E-state index in [2.05, 4.69) is 20.3 Å². The Labute approximate surface area is 236 Å². The number of aromatic amines is 1. The van der Waals surface area contributed by atoms with E-state index in [1.54, 1.807) is 54.7 Å². The number of aliphatic hydroxyl groups is 1. The Morgan fingerprint density at radius 3 is 2.34 bits per heavy atom. The summed E-state index contributed by atoms with van der Waals surface area (Å²) in [6.45, 7) is 0.0484. The summed E-state index contributed by atoms with van der Waals surface area (Å²) in [5.41, 5.74) is 13.2. The summed E-state index contributed by atoms with van der Waals surface area (Å²) in [7, 11) is -4.40. The van der Waals surface area contributed by atoms with Crippen LogP contribution < -0.4 is 31.9 Å². The first-order valence-corrected chi connectivity index (χ1v) is 14.2. The molecule has 1 heterocycles. The van der Waals surface area contributed by atoms with E-state index in [4.69, 9.17) is 22.0 Å². The number of nitrogens with one attached hydrogen (secondary N) is 5. The number of rotatable bonds is 15. The number of nitrogen functional groups attached to an aromatic ring is 1. The van der Waals surface area contributed by atoms with Gasteiger partial charge in [0.05, 0.1) is 5.75 Å². The Morgan fingerprint density at radius 1 is 1.02 bits per heavy atom. The van der Waals surface area contributed by atoms with Crippen LogP contribution in [0.2, 0.25) is 0 Å². The Bertz CT molecular complexity index is 1500. The van der Waals surface area contributed by atoms with Crippen LogP contribution in [0.5, 0.6) is 0 Å². The number of nitrogens with two attached hydrogens (primary N) is 2. The smallest absolute Gasteiger partial charge is 0.242 e. The minimum Gasteiger partial charge on any atom is -0.831 e. The lowest BCUT2D eigenvalue weighted by molar-refractivity contribution is -0.473. The summed E-state index contributed by atoms with van der Waals surface area (Å²) >= 11 is 0. The molecular weight excluding hydrogens is 554 g/mol. The van der Waals surface area contributed by atoms with Gasteiger partial charge in [0.1, 0.15) is 17.9 Å². The van der Waals surface area contributed by atoms with Crippen LogP contribution in [0.15, 0.2) is 54.7 Å². The lowest BCUT2D eigenvalue weighted by Gasteiger charge is -2.24. The van der Waals surface area contributed by atoms with Crippen molar-refractivity contribution in [2.45, 2.75) is 44.2 Å². The largest absolute Gasteiger partial charge is 0.831 e. The molecule has 1 aromatic heterocycles. The van der Waals surface area contributed by atoms with Gasteiger partial charge in [0, 0.05) is 35.6 Å². The molecule has 0 aliphatic rings. The molecule has 0 aliphatic heterocycles. The molecule has 3 atom stereocenters. The Morgan fingerprint density at radius 2 is 1.71 bits per heavy atom. The highest BCUT2D eigenvalue weighted by Crippen LogP contribution is 2.19. The van der Waals surface area contributed by atoms with Crippen molar-refractivity contribution in [1.29, 1.82) is 5.41 Å². The minimum absolute atomic E-state index is 0.0484. The van der Waals surface area contributed by atoms with Gasteiger partial charge in [0.15, 0.2) is 0 Å². The quantitative estimate of drug-likeness (QED) is 0.0561. The van der Waals surface area contributed by atoms with Crippen LogP contribution >= 0.6 is 0 Å². The van der Waals surface area contributed by atoms with Crippen molar-refractivity contribution in [3.63, 3.8) is 0 Å². The summed E-state index contributed by atoms with van der Waals surface area (Å²) in [5.74, 6) is -3.55. The molecule has 0 saturated heterocycles. The van der Waals surface area contributed by atoms with Gasteiger partial charge in [-0.3, -0.25) is 19.8 Å².